The van der Waals surface area contributed by atoms with E-state index in [1.807, 2.05) is 0 Å². The molecule has 0 heterocycles. The smallest absolute Gasteiger partial charge is 0.0682 e. The first-order valence-electron chi connectivity index (χ1n) is 13.9. The van der Waals surface area contributed by atoms with E-state index >= 15 is 0 Å². The van der Waals surface area contributed by atoms with Crippen molar-refractivity contribution in [3.8, 4) is 0 Å². The second-order valence-corrected chi connectivity index (χ2v) is 9.58. The lowest BCUT2D eigenvalue weighted by atomic mass is 9.85. The zero-order valence-corrected chi connectivity index (χ0v) is 21.2. The molecule has 0 atom stereocenters. The van der Waals surface area contributed by atoms with E-state index in [-0.39, 0.29) is 5.60 Å². The van der Waals surface area contributed by atoms with Crippen LogP contribution in [0.5, 0.6) is 0 Å². The van der Waals surface area contributed by atoms with Gasteiger partial charge in [0.25, 0.3) is 0 Å². The van der Waals surface area contributed by atoms with Gasteiger partial charge in [-0.15, -0.1) is 0 Å². The Hall–Kier alpha value is -0.0400. The van der Waals surface area contributed by atoms with Gasteiger partial charge in [0, 0.05) is 6.61 Å². The summed E-state index contributed by atoms with van der Waals surface area (Å²) in [7, 11) is 0. The van der Waals surface area contributed by atoms with Crippen LogP contribution in [0.15, 0.2) is 0 Å². The van der Waals surface area contributed by atoms with Gasteiger partial charge >= 0.3 is 0 Å². The molecule has 0 aromatic rings. The van der Waals surface area contributed by atoms with Gasteiger partial charge in [0.05, 0.1) is 5.60 Å². The molecule has 0 unspecified atom stereocenters. The minimum absolute atomic E-state index is 0.191. The van der Waals surface area contributed by atoms with Gasteiger partial charge < -0.3 is 4.74 Å². The van der Waals surface area contributed by atoms with Gasteiger partial charge in [-0.05, 0) is 25.7 Å². The molecule has 0 aliphatic heterocycles. The summed E-state index contributed by atoms with van der Waals surface area (Å²) < 4.78 is 6.72. The summed E-state index contributed by atoms with van der Waals surface area (Å²) in [5.41, 5.74) is 0.191. The summed E-state index contributed by atoms with van der Waals surface area (Å²) in [5, 5.41) is 0. The Labute approximate surface area is 186 Å². The molecule has 1 nitrogen and oxygen atoms in total. The molecule has 0 saturated carbocycles. The first-order valence-corrected chi connectivity index (χ1v) is 13.9. The molecular weight excluding hydrogens is 352 g/mol. The van der Waals surface area contributed by atoms with Crippen LogP contribution in [0, 0.1) is 0 Å². The molecule has 0 fully saturated rings. The zero-order valence-electron chi connectivity index (χ0n) is 21.2. The molecule has 0 N–H and O–H groups in total. The average Bonchev–Trinajstić information content (AvgIpc) is 2.74. The SMILES string of the molecule is CCCCCCCCCCOC(CCCC)(CCCC)CCCCCCCCC. The van der Waals surface area contributed by atoms with Gasteiger partial charge in [0.1, 0.15) is 0 Å². The minimum Gasteiger partial charge on any atom is -0.375 e. The van der Waals surface area contributed by atoms with Gasteiger partial charge in [-0.25, -0.2) is 0 Å². The largest absolute Gasteiger partial charge is 0.375 e. The van der Waals surface area contributed by atoms with E-state index in [0.717, 1.165) is 6.61 Å². The molecular formula is C28H58O. The van der Waals surface area contributed by atoms with Crippen molar-refractivity contribution in [2.75, 3.05) is 6.61 Å². The highest BCUT2D eigenvalue weighted by Gasteiger charge is 2.29. The second-order valence-electron chi connectivity index (χ2n) is 9.58. The van der Waals surface area contributed by atoms with Crippen LogP contribution < -0.4 is 0 Å². The highest BCUT2D eigenvalue weighted by molar-refractivity contribution is 4.81. The van der Waals surface area contributed by atoms with Crippen LogP contribution in [0.1, 0.15) is 169 Å². The highest BCUT2D eigenvalue weighted by atomic mass is 16.5. The van der Waals surface area contributed by atoms with Crippen LogP contribution in [0.3, 0.4) is 0 Å². The molecule has 0 aromatic heterocycles. The Morgan fingerprint density at radius 2 is 0.724 bits per heavy atom. The Kier molecular flexibility index (Phi) is 22.6. The summed E-state index contributed by atoms with van der Waals surface area (Å²) in [6.07, 6.45) is 30.1. The van der Waals surface area contributed by atoms with Crippen molar-refractivity contribution in [2.24, 2.45) is 0 Å². The maximum absolute atomic E-state index is 6.72. The molecule has 29 heavy (non-hydrogen) atoms. The molecule has 1 heteroatoms. The van der Waals surface area contributed by atoms with Crippen LogP contribution in [-0.2, 0) is 4.74 Å². The van der Waals surface area contributed by atoms with Crippen molar-refractivity contribution >= 4 is 0 Å². The summed E-state index contributed by atoms with van der Waals surface area (Å²) in [6, 6.07) is 0. The first-order chi connectivity index (χ1) is 14.2. The lowest BCUT2D eigenvalue weighted by Gasteiger charge is -2.35. The fourth-order valence-electron chi connectivity index (χ4n) is 4.52. The highest BCUT2D eigenvalue weighted by Crippen LogP contribution is 2.32. The van der Waals surface area contributed by atoms with E-state index < -0.39 is 0 Å². The Morgan fingerprint density at radius 3 is 1.17 bits per heavy atom. The topological polar surface area (TPSA) is 9.23 Å². The molecule has 0 saturated heterocycles. The monoisotopic (exact) mass is 410 g/mol. The normalized spacial score (nSPS) is 12.0. The van der Waals surface area contributed by atoms with Gasteiger partial charge in [0.15, 0.2) is 0 Å². The standard InChI is InChI=1S/C28H58O/c1-5-9-13-15-17-19-21-23-27-29-28(24-11-7-3,25-12-8-4)26-22-20-18-16-14-10-6-2/h5-27H2,1-4H3. The van der Waals surface area contributed by atoms with Crippen LogP contribution >= 0.6 is 0 Å². The third-order valence-electron chi connectivity index (χ3n) is 6.61. The van der Waals surface area contributed by atoms with Crippen molar-refractivity contribution in [3.05, 3.63) is 0 Å². The Balaban J connectivity index is 4.23. The van der Waals surface area contributed by atoms with E-state index in [9.17, 15) is 0 Å². The fraction of sp³-hybridized carbons (Fsp3) is 1.00. The third-order valence-corrected chi connectivity index (χ3v) is 6.61. The van der Waals surface area contributed by atoms with E-state index in [1.165, 1.54) is 141 Å². The van der Waals surface area contributed by atoms with Crippen molar-refractivity contribution < 1.29 is 4.74 Å². The van der Waals surface area contributed by atoms with Crippen molar-refractivity contribution in [1.29, 1.82) is 0 Å². The number of hydrogen-bond acceptors (Lipinski definition) is 1. The summed E-state index contributed by atoms with van der Waals surface area (Å²) in [5.74, 6) is 0. The molecule has 176 valence electrons. The number of hydrogen-bond donors (Lipinski definition) is 0. The number of unbranched alkanes of at least 4 members (excludes halogenated alkanes) is 15. The van der Waals surface area contributed by atoms with Gasteiger partial charge in [-0.3, -0.25) is 0 Å². The van der Waals surface area contributed by atoms with Crippen LogP contribution in [0.2, 0.25) is 0 Å². The quantitative estimate of drug-likeness (QED) is 0.144. The molecule has 0 spiro atoms. The molecule has 0 aromatic carbocycles. The Bertz CT molecular complexity index is 291. The van der Waals surface area contributed by atoms with Crippen molar-refractivity contribution in [1.82, 2.24) is 0 Å². The maximum Gasteiger partial charge on any atom is 0.0682 e. The number of ether oxygens (including phenoxy) is 1. The predicted molar refractivity (Wildman–Crippen MR) is 133 cm³/mol. The van der Waals surface area contributed by atoms with Crippen LogP contribution in [0.4, 0.5) is 0 Å². The maximum atomic E-state index is 6.72. The van der Waals surface area contributed by atoms with Crippen molar-refractivity contribution in [2.45, 2.75) is 175 Å². The van der Waals surface area contributed by atoms with E-state index in [4.69, 9.17) is 4.74 Å². The average molecular weight is 411 g/mol. The summed E-state index contributed by atoms with van der Waals surface area (Å²) in [4.78, 5) is 0. The fourth-order valence-corrected chi connectivity index (χ4v) is 4.52. The van der Waals surface area contributed by atoms with E-state index in [0.29, 0.717) is 0 Å². The minimum atomic E-state index is 0.191. The van der Waals surface area contributed by atoms with E-state index in [1.54, 1.807) is 0 Å². The zero-order chi connectivity index (χ0) is 21.5. The summed E-state index contributed by atoms with van der Waals surface area (Å²) in [6.45, 7) is 10.3. The molecule has 0 amide bonds. The molecule has 0 radical (unpaired) electrons. The molecule has 0 rings (SSSR count). The van der Waals surface area contributed by atoms with E-state index in [2.05, 4.69) is 27.7 Å². The van der Waals surface area contributed by atoms with Crippen LogP contribution in [-0.4, -0.2) is 12.2 Å². The predicted octanol–water partition coefficient (Wildman–Crippen LogP) is 10.4. The summed E-state index contributed by atoms with van der Waals surface area (Å²) >= 11 is 0. The number of rotatable bonds is 24. The Morgan fingerprint density at radius 1 is 0.379 bits per heavy atom. The van der Waals surface area contributed by atoms with Crippen molar-refractivity contribution in [3.63, 3.8) is 0 Å². The van der Waals surface area contributed by atoms with Gasteiger partial charge in [0.2, 0.25) is 0 Å². The lowest BCUT2D eigenvalue weighted by Crippen LogP contribution is -2.33. The molecule has 0 aliphatic rings. The van der Waals surface area contributed by atoms with Gasteiger partial charge in [-0.1, -0.05) is 143 Å². The molecule has 0 bridgehead atoms. The second kappa shape index (κ2) is 22.6. The third kappa shape index (κ3) is 18.4. The molecule has 0 aliphatic carbocycles. The van der Waals surface area contributed by atoms with Gasteiger partial charge in [-0.2, -0.15) is 0 Å². The van der Waals surface area contributed by atoms with Crippen LogP contribution in [0.25, 0.3) is 0 Å². The first kappa shape index (κ1) is 29.0. The lowest BCUT2D eigenvalue weighted by molar-refractivity contribution is -0.0689.